The number of hydrogen-bond acceptors (Lipinski definition) is 5. The van der Waals surface area contributed by atoms with Crippen molar-refractivity contribution < 1.29 is 14.4 Å². The zero-order chi connectivity index (χ0) is 14.1. The van der Waals surface area contributed by atoms with E-state index < -0.39 is 11.9 Å². The van der Waals surface area contributed by atoms with Gasteiger partial charge in [-0.2, -0.15) is 4.98 Å². The summed E-state index contributed by atoms with van der Waals surface area (Å²) >= 11 is 4.90. The summed E-state index contributed by atoms with van der Waals surface area (Å²) in [4.78, 5) is 16.5. The highest BCUT2D eigenvalue weighted by molar-refractivity contribution is 9.11. The number of carboxylic acids is 1. The minimum atomic E-state index is -0.821. The average Bonchev–Trinajstić information content (AvgIpc) is 3.07. The molecule has 7 heteroatoms. The third-order valence-electron chi connectivity index (χ3n) is 3.30. The lowest BCUT2D eigenvalue weighted by atomic mass is 9.83. The Kier molecular flexibility index (Phi) is 3.71. The van der Waals surface area contributed by atoms with Gasteiger partial charge < -0.3 is 9.63 Å². The molecule has 0 aliphatic heterocycles. The van der Waals surface area contributed by atoms with Gasteiger partial charge >= 0.3 is 5.97 Å². The Bertz CT molecular complexity index is 664. The van der Waals surface area contributed by atoms with E-state index in [0.717, 1.165) is 8.66 Å². The lowest BCUT2D eigenvalue weighted by Crippen LogP contribution is -2.23. The van der Waals surface area contributed by atoms with Crippen molar-refractivity contribution in [2.45, 2.75) is 18.8 Å². The molecule has 0 saturated carbocycles. The minimum absolute atomic E-state index is 0.248. The number of halogens is 1. The zero-order valence-corrected chi connectivity index (χ0v) is 12.7. The molecule has 3 rings (SSSR count). The largest absolute Gasteiger partial charge is 0.481 e. The summed E-state index contributed by atoms with van der Waals surface area (Å²) in [6.07, 6.45) is 4.98. The van der Waals surface area contributed by atoms with E-state index >= 15 is 0 Å². The van der Waals surface area contributed by atoms with Crippen LogP contribution in [-0.4, -0.2) is 21.2 Å². The van der Waals surface area contributed by atoms with Crippen LogP contribution in [0.3, 0.4) is 0 Å². The second kappa shape index (κ2) is 5.49. The molecule has 104 valence electrons. The monoisotopic (exact) mass is 354 g/mol. The van der Waals surface area contributed by atoms with Crippen molar-refractivity contribution in [3.8, 4) is 10.7 Å². The third kappa shape index (κ3) is 2.55. The van der Waals surface area contributed by atoms with Crippen molar-refractivity contribution >= 4 is 33.2 Å². The number of nitrogens with zero attached hydrogens (tertiary/aromatic N) is 2. The number of hydrogen-bond donors (Lipinski definition) is 1. The van der Waals surface area contributed by atoms with Gasteiger partial charge in [0.15, 0.2) is 0 Å². The van der Waals surface area contributed by atoms with Crippen molar-refractivity contribution in [1.29, 1.82) is 0 Å². The smallest absolute Gasteiger partial charge is 0.307 e. The van der Waals surface area contributed by atoms with Crippen molar-refractivity contribution in [3.63, 3.8) is 0 Å². The van der Waals surface area contributed by atoms with Gasteiger partial charge in [-0.1, -0.05) is 17.3 Å². The molecular weight excluding hydrogens is 344 g/mol. The second-order valence-corrected chi connectivity index (χ2v) is 7.02. The molecule has 0 aromatic carbocycles. The van der Waals surface area contributed by atoms with E-state index in [1.807, 2.05) is 24.3 Å². The summed E-state index contributed by atoms with van der Waals surface area (Å²) in [5, 5.41) is 13.2. The molecule has 0 saturated heterocycles. The highest BCUT2D eigenvalue weighted by atomic mass is 79.9. The zero-order valence-electron chi connectivity index (χ0n) is 10.3. The molecule has 20 heavy (non-hydrogen) atoms. The lowest BCUT2D eigenvalue weighted by molar-refractivity contribution is -0.142. The summed E-state index contributed by atoms with van der Waals surface area (Å²) in [6.45, 7) is 0. The molecule has 1 aliphatic rings. The topological polar surface area (TPSA) is 76.2 Å². The molecule has 0 fully saturated rings. The summed E-state index contributed by atoms with van der Waals surface area (Å²) < 4.78 is 6.27. The molecule has 2 atom stereocenters. The van der Waals surface area contributed by atoms with Crippen LogP contribution in [0, 0.1) is 5.92 Å². The summed E-state index contributed by atoms with van der Waals surface area (Å²) in [5.74, 6) is -0.654. The molecule has 0 amide bonds. The van der Waals surface area contributed by atoms with Crippen molar-refractivity contribution in [1.82, 2.24) is 10.1 Å². The fraction of sp³-hybridized carbons (Fsp3) is 0.308. The van der Waals surface area contributed by atoms with Gasteiger partial charge in [0.25, 0.3) is 0 Å². The third-order valence-corrected chi connectivity index (χ3v) is 4.92. The predicted molar refractivity (Wildman–Crippen MR) is 77.6 cm³/mol. The molecule has 1 aliphatic carbocycles. The molecule has 2 aromatic heterocycles. The van der Waals surface area contributed by atoms with E-state index in [-0.39, 0.29) is 5.92 Å². The maximum atomic E-state index is 11.3. The summed E-state index contributed by atoms with van der Waals surface area (Å²) in [6, 6.07) is 3.82. The molecule has 5 nitrogen and oxygen atoms in total. The van der Waals surface area contributed by atoms with Gasteiger partial charge in [-0.05, 0) is 40.9 Å². The average molecular weight is 355 g/mol. The van der Waals surface area contributed by atoms with Crippen LogP contribution in [0.15, 0.2) is 32.6 Å². The Labute approximate surface area is 127 Å². The molecule has 2 aromatic rings. The second-order valence-electron chi connectivity index (χ2n) is 4.55. The number of rotatable bonds is 3. The Morgan fingerprint density at radius 3 is 2.90 bits per heavy atom. The van der Waals surface area contributed by atoms with Crippen LogP contribution in [0.2, 0.25) is 0 Å². The van der Waals surface area contributed by atoms with Crippen LogP contribution < -0.4 is 0 Å². The van der Waals surface area contributed by atoms with Gasteiger partial charge in [0.2, 0.25) is 11.7 Å². The van der Waals surface area contributed by atoms with E-state index in [9.17, 15) is 9.90 Å². The number of carboxylic acid groups (broad SMARTS) is 1. The highest BCUT2D eigenvalue weighted by Crippen LogP contribution is 2.36. The molecule has 0 bridgehead atoms. The number of aliphatic carboxylic acids is 1. The molecule has 2 heterocycles. The standard InChI is InChI=1S/C13H11BrN2O3S/c14-10-6-5-9(20-10)11-15-12(19-16-11)7-3-1-2-4-8(7)13(17)18/h1-2,5-8H,3-4H2,(H,17,18)/t7-,8+/m1/s1. The molecule has 0 radical (unpaired) electrons. The minimum Gasteiger partial charge on any atom is -0.481 e. The first-order valence-corrected chi connectivity index (χ1v) is 7.73. The van der Waals surface area contributed by atoms with E-state index in [1.54, 1.807) is 0 Å². The van der Waals surface area contributed by atoms with E-state index in [4.69, 9.17) is 4.52 Å². The first-order chi connectivity index (χ1) is 9.65. The maximum absolute atomic E-state index is 11.3. The Balaban J connectivity index is 1.89. The van der Waals surface area contributed by atoms with Gasteiger partial charge in [0.1, 0.15) is 0 Å². The summed E-state index contributed by atoms with van der Waals surface area (Å²) in [7, 11) is 0. The number of allylic oxidation sites excluding steroid dienone is 2. The van der Waals surface area contributed by atoms with Gasteiger partial charge in [-0.3, -0.25) is 4.79 Å². The maximum Gasteiger partial charge on any atom is 0.307 e. The molecule has 0 spiro atoms. The van der Waals surface area contributed by atoms with Crippen molar-refractivity contribution in [2.75, 3.05) is 0 Å². The van der Waals surface area contributed by atoms with Crippen LogP contribution in [0.1, 0.15) is 24.7 Å². The lowest BCUT2D eigenvalue weighted by Gasteiger charge is -2.21. The SMILES string of the molecule is O=C(O)[C@H]1CC=CC[C@H]1c1nc(-c2ccc(Br)s2)no1. The van der Waals surface area contributed by atoms with Gasteiger partial charge in [0, 0.05) is 0 Å². The van der Waals surface area contributed by atoms with Crippen LogP contribution in [-0.2, 0) is 4.79 Å². The first kappa shape index (κ1) is 13.5. The Morgan fingerprint density at radius 1 is 1.40 bits per heavy atom. The van der Waals surface area contributed by atoms with Crippen LogP contribution in [0.5, 0.6) is 0 Å². The van der Waals surface area contributed by atoms with E-state index in [1.165, 1.54) is 11.3 Å². The Hall–Kier alpha value is -1.47. The van der Waals surface area contributed by atoms with Gasteiger partial charge in [-0.25, -0.2) is 0 Å². The molecule has 1 N–H and O–H groups in total. The molecular formula is C13H11BrN2O3S. The highest BCUT2D eigenvalue weighted by Gasteiger charge is 2.34. The fourth-order valence-corrected chi connectivity index (χ4v) is 3.59. The van der Waals surface area contributed by atoms with E-state index in [0.29, 0.717) is 24.6 Å². The van der Waals surface area contributed by atoms with Gasteiger partial charge in [-0.15, -0.1) is 11.3 Å². The summed E-state index contributed by atoms with van der Waals surface area (Å²) in [5.41, 5.74) is 0. The van der Waals surface area contributed by atoms with Crippen LogP contribution in [0.4, 0.5) is 0 Å². The first-order valence-electron chi connectivity index (χ1n) is 6.12. The van der Waals surface area contributed by atoms with Crippen molar-refractivity contribution in [3.05, 3.63) is 34.0 Å². The van der Waals surface area contributed by atoms with E-state index in [2.05, 4.69) is 26.1 Å². The number of carbonyl (C=O) groups is 1. The van der Waals surface area contributed by atoms with Crippen molar-refractivity contribution in [2.24, 2.45) is 5.92 Å². The van der Waals surface area contributed by atoms with Crippen LogP contribution in [0.25, 0.3) is 10.7 Å². The fourth-order valence-electron chi connectivity index (χ4n) is 2.28. The number of thiophene rings is 1. The van der Waals surface area contributed by atoms with Crippen LogP contribution >= 0.6 is 27.3 Å². The van der Waals surface area contributed by atoms with Gasteiger partial charge in [0.05, 0.1) is 20.5 Å². The normalized spacial score (nSPS) is 22.1. The predicted octanol–water partition coefficient (Wildman–Crippen LogP) is 3.70. The quantitative estimate of drug-likeness (QED) is 0.850. The molecule has 0 unspecified atom stereocenters. The Morgan fingerprint density at radius 2 is 2.20 bits per heavy atom. The number of aromatic nitrogens is 2.